The molecule has 2 spiro atoms. The summed E-state index contributed by atoms with van der Waals surface area (Å²) >= 11 is 0. The van der Waals surface area contributed by atoms with Crippen LogP contribution in [0.25, 0.3) is 0 Å². The van der Waals surface area contributed by atoms with E-state index in [4.69, 9.17) is 0 Å². The van der Waals surface area contributed by atoms with Crippen LogP contribution in [-0.2, 0) is 19.2 Å². The highest BCUT2D eigenvalue weighted by Gasteiger charge is 2.54. The minimum atomic E-state index is -0.791. The van der Waals surface area contributed by atoms with E-state index < -0.39 is 23.5 Å². The van der Waals surface area contributed by atoms with E-state index in [0.717, 1.165) is 32.1 Å². The van der Waals surface area contributed by atoms with Gasteiger partial charge in [-0.25, -0.2) is 0 Å². The molecule has 0 aromatic heterocycles. The number of nitrogens with one attached hydrogen (secondary N) is 3. The van der Waals surface area contributed by atoms with Crippen molar-refractivity contribution in [3.63, 3.8) is 0 Å². The van der Waals surface area contributed by atoms with Gasteiger partial charge in [-0.1, -0.05) is 27.2 Å². The SMILES string of the molecule is CC(=O)N[C@H](C(=O)N1CC2(CCC2)CC1C(=O)N[C@H](C#N)C[C@@H]1CC2(CC2)NC1=O)C(C)(C)C. The van der Waals surface area contributed by atoms with Gasteiger partial charge in [0, 0.05) is 24.9 Å². The number of carbonyl (C=O) groups excluding carboxylic acids is 4. The van der Waals surface area contributed by atoms with Gasteiger partial charge in [0.15, 0.2) is 0 Å². The summed E-state index contributed by atoms with van der Waals surface area (Å²) in [4.78, 5) is 52.8. The Hall–Kier alpha value is -2.63. The zero-order valence-electron chi connectivity index (χ0n) is 20.7. The highest BCUT2D eigenvalue weighted by atomic mass is 16.2. The second-order valence-corrected chi connectivity index (χ2v) is 12.1. The quantitative estimate of drug-likeness (QED) is 0.538. The van der Waals surface area contributed by atoms with E-state index in [1.54, 1.807) is 4.90 Å². The molecule has 9 heteroatoms. The van der Waals surface area contributed by atoms with Gasteiger partial charge in [0.05, 0.1) is 6.07 Å². The van der Waals surface area contributed by atoms with Crippen molar-refractivity contribution < 1.29 is 19.2 Å². The predicted octanol–water partition coefficient (Wildman–Crippen LogP) is 1.38. The first-order chi connectivity index (χ1) is 15.9. The molecule has 2 heterocycles. The third-order valence-electron chi connectivity index (χ3n) is 8.21. The molecule has 0 aromatic rings. The van der Waals surface area contributed by atoms with Crippen LogP contribution < -0.4 is 16.0 Å². The van der Waals surface area contributed by atoms with Crippen molar-refractivity contribution in [2.45, 2.75) is 103 Å². The van der Waals surface area contributed by atoms with Gasteiger partial charge in [-0.05, 0) is 55.8 Å². The number of hydrogen-bond acceptors (Lipinski definition) is 5. The van der Waals surface area contributed by atoms with E-state index in [1.807, 2.05) is 20.8 Å². The maximum Gasteiger partial charge on any atom is 0.246 e. The minimum Gasteiger partial charge on any atom is -0.350 e. The van der Waals surface area contributed by atoms with E-state index in [-0.39, 0.29) is 46.9 Å². The summed E-state index contributed by atoms with van der Waals surface area (Å²) < 4.78 is 0. The molecule has 2 saturated heterocycles. The lowest BCUT2D eigenvalue weighted by molar-refractivity contribution is -0.144. The number of nitriles is 1. The molecule has 0 radical (unpaired) electrons. The predicted molar refractivity (Wildman–Crippen MR) is 124 cm³/mol. The lowest BCUT2D eigenvalue weighted by Gasteiger charge is -2.39. The van der Waals surface area contributed by atoms with E-state index in [2.05, 4.69) is 22.0 Å². The average molecular weight is 472 g/mol. The molecule has 2 aliphatic carbocycles. The molecule has 0 aromatic carbocycles. The topological polar surface area (TPSA) is 131 Å². The van der Waals surface area contributed by atoms with Crippen LogP contribution in [0, 0.1) is 28.1 Å². The Morgan fingerprint density at radius 3 is 2.32 bits per heavy atom. The highest BCUT2D eigenvalue weighted by Crippen LogP contribution is 2.51. The van der Waals surface area contributed by atoms with Gasteiger partial charge in [-0.3, -0.25) is 19.2 Å². The van der Waals surface area contributed by atoms with E-state index in [9.17, 15) is 24.4 Å². The molecular weight excluding hydrogens is 434 g/mol. The fourth-order valence-electron chi connectivity index (χ4n) is 5.92. The van der Waals surface area contributed by atoms with Gasteiger partial charge in [-0.2, -0.15) is 5.26 Å². The van der Waals surface area contributed by atoms with Crippen LogP contribution in [0.5, 0.6) is 0 Å². The lowest BCUT2D eigenvalue weighted by atomic mass is 9.67. The van der Waals surface area contributed by atoms with Crippen molar-refractivity contribution in [2.24, 2.45) is 16.7 Å². The van der Waals surface area contributed by atoms with E-state index >= 15 is 0 Å². The Morgan fingerprint density at radius 1 is 1.18 bits per heavy atom. The van der Waals surface area contributed by atoms with Crippen LogP contribution in [0.3, 0.4) is 0 Å². The Bertz CT molecular complexity index is 925. The van der Waals surface area contributed by atoms with Crippen LogP contribution in [-0.4, -0.2) is 58.7 Å². The molecule has 4 atom stereocenters. The van der Waals surface area contributed by atoms with Gasteiger partial charge in [0.2, 0.25) is 23.6 Å². The molecule has 3 N–H and O–H groups in total. The Morgan fingerprint density at radius 2 is 1.85 bits per heavy atom. The monoisotopic (exact) mass is 471 g/mol. The standard InChI is InChI=1S/C25H37N5O4/c1-15(31)27-19(23(2,3)4)22(34)30-14-24(6-5-7-24)12-18(30)21(33)28-17(13-26)10-16-11-25(8-9-25)29-20(16)32/h16-19H,5-12,14H2,1-4H3,(H,27,31)(H,28,33)(H,29,32)/t16-,17+,18?,19-/m1/s1. The summed E-state index contributed by atoms with van der Waals surface area (Å²) in [6.45, 7) is 7.54. The molecule has 4 amide bonds. The third-order valence-corrected chi connectivity index (χ3v) is 8.21. The van der Waals surface area contributed by atoms with Gasteiger partial charge in [0.25, 0.3) is 0 Å². The summed E-state index contributed by atoms with van der Waals surface area (Å²) in [7, 11) is 0. The molecular formula is C25H37N5O4. The third kappa shape index (κ3) is 4.77. The molecule has 0 bridgehead atoms. The smallest absolute Gasteiger partial charge is 0.246 e. The number of hydrogen-bond donors (Lipinski definition) is 3. The number of amides is 4. The number of nitrogens with zero attached hydrogens (tertiary/aromatic N) is 2. The molecule has 4 rings (SSSR count). The molecule has 186 valence electrons. The van der Waals surface area contributed by atoms with Crippen molar-refractivity contribution in [1.82, 2.24) is 20.9 Å². The fraction of sp³-hybridized carbons (Fsp3) is 0.800. The molecule has 1 unspecified atom stereocenters. The van der Waals surface area contributed by atoms with Crippen molar-refractivity contribution in [1.29, 1.82) is 5.26 Å². The van der Waals surface area contributed by atoms with Crippen LogP contribution >= 0.6 is 0 Å². The number of rotatable bonds is 6. The summed E-state index contributed by atoms with van der Waals surface area (Å²) in [5, 5.41) is 18.4. The van der Waals surface area contributed by atoms with Gasteiger partial charge < -0.3 is 20.9 Å². The number of carbonyl (C=O) groups is 4. The fourth-order valence-corrected chi connectivity index (χ4v) is 5.92. The zero-order valence-corrected chi connectivity index (χ0v) is 20.7. The van der Waals surface area contributed by atoms with Crippen LogP contribution in [0.15, 0.2) is 0 Å². The lowest BCUT2D eigenvalue weighted by Crippen LogP contribution is -2.58. The summed E-state index contributed by atoms with van der Waals surface area (Å²) in [6, 6.07) is -0.0822. The first-order valence-corrected chi connectivity index (χ1v) is 12.5. The maximum absolute atomic E-state index is 13.6. The first-order valence-electron chi connectivity index (χ1n) is 12.5. The summed E-state index contributed by atoms with van der Waals surface area (Å²) in [5.74, 6) is -1.22. The van der Waals surface area contributed by atoms with Crippen molar-refractivity contribution in [3.05, 3.63) is 0 Å². The summed E-state index contributed by atoms with van der Waals surface area (Å²) in [6.07, 6.45) is 6.50. The van der Waals surface area contributed by atoms with Crippen LogP contribution in [0.4, 0.5) is 0 Å². The first kappa shape index (κ1) is 24.5. The van der Waals surface area contributed by atoms with Crippen molar-refractivity contribution in [3.8, 4) is 6.07 Å². The molecule has 34 heavy (non-hydrogen) atoms. The van der Waals surface area contributed by atoms with Crippen LogP contribution in [0.2, 0.25) is 0 Å². The van der Waals surface area contributed by atoms with Crippen molar-refractivity contribution >= 4 is 23.6 Å². The summed E-state index contributed by atoms with van der Waals surface area (Å²) in [5.41, 5.74) is -0.673. The second-order valence-electron chi connectivity index (χ2n) is 12.1. The normalized spacial score (nSPS) is 28.0. The molecule has 4 aliphatic rings. The van der Waals surface area contributed by atoms with Gasteiger partial charge in [0.1, 0.15) is 18.1 Å². The number of likely N-dealkylation sites (tertiary alicyclic amines) is 1. The molecule has 2 saturated carbocycles. The largest absolute Gasteiger partial charge is 0.350 e. The maximum atomic E-state index is 13.6. The second kappa shape index (κ2) is 8.54. The van der Waals surface area contributed by atoms with Crippen LogP contribution in [0.1, 0.15) is 79.1 Å². The Labute approximate surface area is 201 Å². The molecule has 9 nitrogen and oxygen atoms in total. The van der Waals surface area contributed by atoms with Gasteiger partial charge >= 0.3 is 0 Å². The Kier molecular flexibility index (Phi) is 6.16. The van der Waals surface area contributed by atoms with Crippen molar-refractivity contribution in [2.75, 3.05) is 6.54 Å². The average Bonchev–Trinajstić information content (AvgIpc) is 3.21. The molecule has 4 fully saturated rings. The zero-order chi connectivity index (χ0) is 24.9. The molecule has 2 aliphatic heterocycles. The highest BCUT2D eigenvalue weighted by molar-refractivity contribution is 5.93. The Balaban J connectivity index is 1.47. The van der Waals surface area contributed by atoms with E-state index in [1.165, 1.54) is 6.92 Å². The van der Waals surface area contributed by atoms with Gasteiger partial charge in [-0.15, -0.1) is 0 Å². The minimum absolute atomic E-state index is 0.0404. The van der Waals surface area contributed by atoms with E-state index in [0.29, 0.717) is 19.4 Å².